The summed E-state index contributed by atoms with van der Waals surface area (Å²) in [6, 6.07) is 19.4. The first-order valence-corrected chi connectivity index (χ1v) is 10.4. The van der Waals surface area contributed by atoms with Crippen LogP contribution in [0.5, 0.6) is 5.75 Å². The van der Waals surface area contributed by atoms with E-state index in [1.165, 1.54) is 34.9 Å². The van der Waals surface area contributed by atoms with E-state index >= 15 is 0 Å². The predicted octanol–water partition coefficient (Wildman–Crippen LogP) is 7.68. The molecule has 3 aromatic rings. The summed E-state index contributed by atoms with van der Waals surface area (Å²) in [5, 5.41) is 2.35. The molecule has 0 aliphatic heterocycles. The molecule has 0 aliphatic carbocycles. The number of aryl methyl sites for hydroxylation is 1. The fraction of sp³-hybridized carbons (Fsp3) is 0.333. The molecule has 2 heteroatoms. The van der Waals surface area contributed by atoms with E-state index in [1.54, 1.807) is 7.11 Å². The summed E-state index contributed by atoms with van der Waals surface area (Å²) in [5.74, 6) is 0.861. The molecule has 0 amide bonds. The summed E-state index contributed by atoms with van der Waals surface area (Å²) in [7, 11) is 1.68. The average Bonchev–Trinajstić information content (AvgIpc) is 2.73. The van der Waals surface area contributed by atoms with E-state index in [1.807, 2.05) is 6.92 Å². The number of ether oxygens (including phenoxy) is 2. The van der Waals surface area contributed by atoms with E-state index in [4.69, 9.17) is 9.47 Å². The van der Waals surface area contributed by atoms with E-state index in [0.717, 1.165) is 22.3 Å². The topological polar surface area (TPSA) is 18.5 Å². The van der Waals surface area contributed by atoms with Crippen molar-refractivity contribution >= 4 is 16.3 Å². The van der Waals surface area contributed by atoms with Crippen molar-refractivity contribution < 1.29 is 9.47 Å². The Bertz CT molecular complexity index is 921. The van der Waals surface area contributed by atoms with Crippen molar-refractivity contribution in [3.8, 4) is 16.9 Å². The van der Waals surface area contributed by atoms with Gasteiger partial charge in [-0.05, 0) is 59.5 Å². The molecule has 0 N–H and O–H groups in total. The van der Waals surface area contributed by atoms with Gasteiger partial charge in [-0.3, -0.25) is 0 Å². The van der Waals surface area contributed by atoms with Crippen LogP contribution in [0, 0.1) is 6.92 Å². The first-order valence-electron chi connectivity index (χ1n) is 10.4. The molecular formula is C27H34O2. The molecule has 2 nitrogen and oxygen atoms in total. The summed E-state index contributed by atoms with van der Waals surface area (Å²) < 4.78 is 11.0. The molecule has 0 aliphatic rings. The molecule has 0 saturated heterocycles. The Balaban J connectivity index is 0.000000687. The number of benzene rings is 3. The van der Waals surface area contributed by atoms with Gasteiger partial charge in [0, 0.05) is 12.7 Å². The highest BCUT2D eigenvalue weighted by Gasteiger charge is 2.09. The summed E-state index contributed by atoms with van der Waals surface area (Å²) in [4.78, 5) is 0. The Hall–Kier alpha value is -2.58. The van der Waals surface area contributed by atoms with Gasteiger partial charge in [-0.15, -0.1) is 0 Å². The number of methoxy groups -OCH3 is 1. The summed E-state index contributed by atoms with van der Waals surface area (Å²) in [6.07, 6.45) is 2.64. The number of unbranched alkanes of at least 4 members (excludes halogenated alkanes) is 1. The molecule has 0 bridgehead atoms. The second-order valence-electron chi connectivity index (χ2n) is 7.40. The minimum Gasteiger partial charge on any atom is -0.491 e. The predicted molar refractivity (Wildman–Crippen MR) is 127 cm³/mol. The van der Waals surface area contributed by atoms with E-state index in [-0.39, 0.29) is 0 Å². The standard InChI is InChI=1S/C23H24O2.C4H10/c1-16(2)22-14-21-13-19(18-7-5-17(3)6-8-18)9-10-20(21)15-23(22)25-12-11-24-4;1-3-4-2/h5-10,13-15H,1,11-12H2,2-4H3;3-4H2,1-2H3. The SMILES string of the molecule is C=C(C)c1cc2cc(-c3ccc(C)cc3)ccc2cc1OCCOC.CCCC. The molecule has 0 saturated carbocycles. The van der Waals surface area contributed by atoms with Crippen LogP contribution < -0.4 is 4.74 Å². The van der Waals surface area contributed by atoms with Crippen LogP contribution >= 0.6 is 0 Å². The first-order chi connectivity index (χ1) is 14.0. The zero-order chi connectivity index (χ0) is 21.2. The molecule has 0 fully saturated rings. The monoisotopic (exact) mass is 390 g/mol. The number of rotatable bonds is 7. The van der Waals surface area contributed by atoms with Crippen LogP contribution in [0.25, 0.3) is 27.5 Å². The molecule has 0 atom stereocenters. The van der Waals surface area contributed by atoms with Gasteiger partial charge in [-0.2, -0.15) is 0 Å². The Morgan fingerprint density at radius 1 is 0.828 bits per heavy atom. The molecule has 0 spiro atoms. The highest BCUT2D eigenvalue weighted by atomic mass is 16.5. The summed E-state index contributed by atoms with van der Waals surface area (Å²) in [6.45, 7) is 13.7. The number of allylic oxidation sites excluding steroid dienone is 1. The lowest BCUT2D eigenvalue weighted by molar-refractivity contribution is 0.146. The zero-order valence-corrected chi connectivity index (χ0v) is 18.5. The number of hydrogen-bond acceptors (Lipinski definition) is 2. The van der Waals surface area contributed by atoms with Gasteiger partial charge in [-0.1, -0.05) is 75.2 Å². The van der Waals surface area contributed by atoms with E-state index in [9.17, 15) is 0 Å². The highest BCUT2D eigenvalue weighted by Crippen LogP contribution is 2.33. The molecule has 29 heavy (non-hydrogen) atoms. The van der Waals surface area contributed by atoms with Crippen molar-refractivity contribution in [1.82, 2.24) is 0 Å². The third-order valence-electron chi connectivity index (χ3n) is 4.83. The van der Waals surface area contributed by atoms with Crippen LogP contribution in [0.1, 0.15) is 44.7 Å². The largest absolute Gasteiger partial charge is 0.491 e. The van der Waals surface area contributed by atoms with Gasteiger partial charge >= 0.3 is 0 Å². The minimum atomic E-state index is 0.531. The Labute approximate surface area is 176 Å². The van der Waals surface area contributed by atoms with Gasteiger partial charge in [0.1, 0.15) is 12.4 Å². The third kappa shape index (κ3) is 6.47. The minimum absolute atomic E-state index is 0.531. The van der Waals surface area contributed by atoms with Gasteiger partial charge in [0.05, 0.1) is 6.61 Å². The fourth-order valence-electron chi connectivity index (χ4n) is 2.89. The van der Waals surface area contributed by atoms with Crippen LogP contribution in [-0.4, -0.2) is 20.3 Å². The van der Waals surface area contributed by atoms with Crippen molar-refractivity contribution in [1.29, 1.82) is 0 Å². The molecular weight excluding hydrogens is 356 g/mol. The normalized spacial score (nSPS) is 10.4. The van der Waals surface area contributed by atoms with Crippen LogP contribution in [0.2, 0.25) is 0 Å². The van der Waals surface area contributed by atoms with Crippen molar-refractivity contribution in [3.05, 3.63) is 72.3 Å². The lowest BCUT2D eigenvalue weighted by Crippen LogP contribution is -2.05. The van der Waals surface area contributed by atoms with Crippen molar-refractivity contribution in [2.45, 2.75) is 40.5 Å². The zero-order valence-electron chi connectivity index (χ0n) is 18.5. The van der Waals surface area contributed by atoms with E-state index < -0.39 is 0 Å². The van der Waals surface area contributed by atoms with Crippen LogP contribution in [-0.2, 0) is 4.74 Å². The van der Waals surface area contributed by atoms with Gasteiger partial charge < -0.3 is 9.47 Å². The maximum atomic E-state index is 5.89. The van der Waals surface area contributed by atoms with Crippen molar-refractivity contribution in [2.24, 2.45) is 0 Å². The maximum absolute atomic E-state index is 5.89. The number of fused-ring (bicyclic) bond motifs is 1. The van der Waals surface area contributed by atoms with Crippen LogP contribution in [0.4, 0.5) is 0 Å². The lowest BCUT2D eigenvalue weighted by atomic mass is 9.97. The molecule has 0 radical (unpaired) electrons. The molecule has 3 aromatic carbocycles. The van der Waals surface area contributed by atoms with Crippen molar-refractivity contribution in [3.63, 3.8) is 0 Å². The van der Waals surface area contributed by atoms with Gasteiger partial charge in [0.15, 0.2) is 0 Å². The quantitative estimate of drug-likeness (QED) is 0.385. The Kier molecular flexibility index (Phi) is 8.95. The fourth-order valence-corrected chi connectivity index (χ4v) is 2.89. The Morgan fingerprint density at radius 3 is 2.07 bits per heavy atom. The van der Waals surface area contributed by atoms with E-state index in [2.05, 4.69) is 81.9 Å². The van der Waals surface area contributed by atoms with Gasteiger partial charge in [0.25, 0.3) is 0 Å². The second-order valence-corrected chi connectivity index (χ2v) is 7.40. The molecule has 0 unspecified atom stereocenters. The van der Waals surface area contributed by atoms with Gasteiger partial charge in [0.2, 0.25) is 0 Å². The highest BCUT2D eigenvalue weighted by molar-refractivity contribution is 5.92. The lowest BCUT2D eigenvalue weighted by Gasteiger charge is -2.14. The molecule has 0 heterocycles. The van der Waals surface area contributed by atoms with Crippen LogP contribution in [0.3, 0.4) is 0 Å². The van der Waals surface area contributed by atoms with Gasteiger partial charge in [-0.25, -0.2) is 0 Å². The third-order valence-corrected chi connectivity index (χ3v) is 4.83. The average molecular weight is 391 g/mol. The number of hydrogen-bond donors (Lipinski definition) is 0. The van der Waals surface area contributed by atoms with E-state index in [0.29, 0.717) is 13.2 Å². The molecule has 3 rings (SSSR count). The first kappa shape index (κ1) is 22.7. The molecule has 154 valence electrons. The molecule has 0 aromatic heterocycles. The Morgan fingerprint density at radius 2 is 1.48 bits per heavy atom. The second kappa shape index (κ2) is 11.4. The summed E-state index contributed by atoms with van der Waals surface area (Å²) >= 11 is 0. The summed E-state index contributed by atoms with van der Waals surface area (Å²) in [5.41, 5.74) is 5.75. The smallest absolute Gasteiger partial charge is 0.127 e. The van der Waals surface area contributed by atoms with Crippen molar-refractivity contribution in [2.75, 3.05) is 20.3 Å². The maximum Gasteiger partial charge on any atom is 0.127 e. The van der Waals surface area contributed by atoms with Crippen LogP contribution in [0.15, 0.2) is 61.2 Å².